The van der Waals surface area contributed by atoms with E-state index in [0.717, 1.165) is 0 Å². The van der Waals surface area contributed by atoms with Crippen LogP contribution < -0.4 is 4.18 Å². The highest BCUT2D eigenvalue weighted by molar-refractivity contribution is 8.30. The maximum absolute atomic E-state index is 12.1. The normalized spacial score (nSPS) is 14.0. The lowest BCUT2D eigenvalue weighted by Crippen LogP contribution is -2.07. The molecule has 16 heavy (non-hydrogen) atoms. The van der Waals surface area contributed by atoms with Crippen LogP contribution in [0.5, 0.6) is 5.75 Å². The zero-order valence-corrected chi connectivity index (χ0v) is 10.0. The third kappa shape index (κ3) is 2.59. The van der Waals surface area contributed by atoms with Crippen molar-refractivity contribution in [3.8, 4) is 5.75 Å². The molecule has 0 saturated heterocycles. The van der Waals surface area contributed by atoms with E-state index in [2.05, 4.69) is 0 Å². The second-order valence-corrected chi connectivity index (χ2v) is 6.03. The lowest BCUT2D eigenvalue weighted by atomic mass is 10.3. The van der Waals surface area contributed by atoms with Crippen LogP contribution in [-0.2, 0) is 20.0 Å². The molecule has 0 N–H and O–H groups in total. The first-order valence-corrected chi connectivity index (χ1v) is 7.14. The van der Waals surface area contributed by atoms with E-state index in [1.54, 1.807) is 36.4 Å². The maximum Gasteiger partial charge on any atom is 0.215 e. The van der Waals surface area contributed by atoms with Gasteiger partial charge < -0.3 is 4.18 Å². The summed E-state index contributed by atoms with van der Waals surface area (Å²) in [6.45, 7) is 0. The van der Waals surface area contributed by atoms with E-state index in [1.165, 1.54) is 0 Å². The number of para-hydroxylation sites is 1. The first kappa shape index (κ1) is 11.1. The van der Waals surface area contributed by atoms with Gasteiger partial charge in [-0.15, -0.1) is 0 Å². The predicted molar refractivity (Wildman–Crippen MR) is 67.3 cm³/mol. The second kappa shape index (κ2) is 4.63. The van der Waals surface area contributed by atoms with Gasteiger partial charge in [0.1, 0.15) is 5.75 Å². The summed E-state index contributed by atoms with van der Waals surface area (Å²) in [7, 11) is -2.88. The van der Waals surface area contributed by atoms with Crippen LogP contribution >= 0.6 is 0 Å². The monoisotopic (exact) mass is 250 g/mol. The van der Waals surface area contributed by atoms with Crippen molar-refractivity contribution in [1.29, 1.82) is 0 Å². The van der Waals surface area contributed by atoms with E-state index in [0.29, 0.717) is 10.6 Å². The van der Waals surface area contributed by atoms with Gasteiger partial charge in [0, 0.05) is 11.2 Å². The molecule has 0 aliphatic rings. The predicted octanol–water partition coefficient (Wildman–Crippen LogP) is 2.79. The zero-order chi connectivity index (χ0) is 11.4. The fourth-order valence-electron chi connectivity index (χ4n) is 1.24. The van der Waals surface area contributed by atoms with Crippen molar-refractivity contribution in [3.63, 3.8) is 0 Å². The Hall–Kier alpha value is -1.39. The van der Waals surface area contributed by atoms with E-state index in [1.807, 2.05) is 24.3 Å². The second-order valence-electron chi connectivity index (χ2n) is 3.16. The first-order chi connectivity index (χ1) is 7.68. The summed E-state index contributed by atoms with van der Waals surface area (Å²) in [5.74, 6) is 0.520. The fourth-order valence-corrected chi connectivity index (χ4v) is 2.76. The molecule has 0 aromatic heterocycles. The molecule has 0 unspecified atom stereocenters. The Kier molecular flexibility index (Phi) is 3.22. The first-order valence-electron chi connectivity index (χ1n) is 4.73. The summed E-state index contributed by atoms with van der Waals surface area (Å²) in [5.41, 5.74) is 0. The van der Waals surface area contributed by atoms with Crippen molar-refractivity contribution in [2.75, 3.05) is 0 Å². The quantitative estimate of drug-likeness (QED) is 0.838. The van der Waals surface area contributed by atoms with Crippen molar-refractivity contribution >= 4 is 20.0 Å². The van der Waals surface area contributed by atoms with Crippen LogP contribution in [0.15, 0.2) is 65.6 Å². The smallest absolute Gasteiger partial charge is 0.215 e. The van der Waals surface area contributed by atoms with Gasteiger partial charge in [0.05, 0.1) is 4.90 Å². The molecule has 0 radical (unpaired) electrons. The Morgan fingerprint density at radius 1 is 0.875 bits per heavy atom. The van der Waals surface area contributed by atoms with Gasteiger partial charge in [-0.05, 0) is 24.3 Å². The molecule has 2 rings (SSSR count). The number of rotatable bonds is 3. The van der Waals surface area contributed by atoms with Crippen LogP contribution in [0.25, 0.3) is 0 Å². The Labute approximate surface area is 99.8 Å². The molecule has 0 amide bonds. The topological polar surface area (TPSA) is 26.3 Å². The number of benzene rings is 2. The lowest BCUT2D eigenvalue weighted by molar-refractivity contribution is 0.559. The molecule has 0 heterocycles. The van der Waals surface area contributed by atoms with Crippen LogP contribution in [0.1, 0.15) is 0 Å². The molecule has 0 saturated carbocycles. The van der Waals surface area contributed by atoms with Crippen molar-refractivity contribution in [3.05, 3.63) is 60.7 Å². The highest BCUT2D eigenvalue weighted by Gasteiger charge is 2.10. The maximum atomic E-state index is 12.1. The average molecular weight is 250 g/mol. The Bertz CT molecular complexity index is 548. The fraction of sp³-hybridized carbons (Fsp3) is 0. The summed E-state index contributed by atoms with van der Waals surface area (Å²) in [6, 6.07) is 17.8. The van der Waals surface area contributed by atoms with E-state index in [4.69, 9.17) is 15.4 Å². The van der Waals surface area contributed by atoms with Crippen molar-refractivity contribution in [1.82, 2.24) is 0 Å². The molecule has 0 bridgehead atoms. The van der Waals surface area contributed by atoms with Crippen LogP contribution in [-0.4, -0.2) is 4.21 Å². The van der Waals surface area contributed by atoms with Gasteiger partial charge in [0.2, 0.25) is 8.77 Å². The van der Waals surface area contributed by atoms with Crippen molar-refractivity contribution in [2.45, 2.75) is 4.90 Å². The third-order valence-electron chi connectivity index (χ3n) is 1.98. The zero-order valence-electron chi connectivity index (χ0n) is 8.41. The minimum atomic E-state index is -2.88. The van der Waals surface area contributed by atoms with Gasteiger partial charge in [-0.2, -0.15) is 0 Å². The Morgan fingerprint density at radius 3 is 1.94 bits per heavy atom. The van der Waals surface area contributed by atoms with Crippen molar-refractivity contribution < 1.29 is 8.39 Å². The van der Waals surface area contributed by atoms with E-state index in [9.17, 15) is 4.21 Å². The highest BCUT2D eigenvalue weighted by Crippen LogP contribution is 2.17. The van der Waals surface area contributed by atoms with Crippen LogP contribution in [0.4, 0.5) is 0 Å². The van der Waals surface area contributed by atoms with Crippen LogP contribution in [0.3, 0.4) is 0 Å². The molecular formula is C12H10O2S2. The third-order valence-corrected chi connectivity index (χ3v) is 4.02. The molecule has 2 aromatic rings. The largest absolute Gasteiger partial charge is 0.397 e. The van der Waals surface area contributed by atoms with Gasteiger partial charge in [0.25, 0.3) is 0 Å². The minimum absolute atomic E-state index is 0.520. The molecule has 82 valence electrons. The Morgan fingerprint density at radius 2 is 1.38 bits per heavy atom. The number of hydrogen-bond donors (Lipinski definition) is 0. The summed E-state index contributed by atoms with van der Waals surface area (Å²) in [4.78, 5) is 0.522. The summed E-state index contributed by atoms with van der Waals surface area (Å²) in [5, 5.41) is 0. The van der Waals surface area contributed by atoms with Gasteiger partial charge in [-0.25, -0.2) is 4.21 Å². The minimum Gasteiger partial charge on any atom is -0.397 e. The van der Waals surface area contributed by atoms with Crippen molar-refractivity contribution in [2.24, 2.45) is 0 Å². The average Bonchev–Trinajstić information content (AvgIpc) is 2.31. The molecular weight excluding hydrogens is 240 g/mol. The number of hydrogen-bond acceptors (Lipinski definition) is 3. The molecule has 1 atom stereocenters. The Balaban J connectivity index is 2.29. The van der Waals surface area contributed by atoms with Crippen LogP contribution in [0, 0.1) is 0 Å². The van der Waals surface area contributed by atoms with Crippen LogP contribution in [0.2, 0.25) is 0 Å². The van der Waals surface area contributed by atoms with E-state index >= 15 is 0 Å². The van der Waals surface area contributed by atoms with Gasteiger partial charge in [0.15, 0.2) is 0 Å². The molecule has 2 aromatic carbocycles. The van der Waals surface area contributed by atoms with E-state index in [-0.39, 0.29) is 0 Å². The molecule has 0 aliphatic carbocycles. The van der Waals surface area contributed by atoms with Gasteiger partial charge in [-0.3, -0.25) is 0 Å². The summed E-state index contributed by atoms with van der Waals surface area (Å²) in [6.07, 6.45) is 0. The summed E-state index contributed by atoms with van der Waals surface area (Å²) < 4.78 is 17.5. The molecule has 2 nitrogen and oxygen atoms in total. The molecule has 4 heteroatoms. The van der Waals surface area contributed by atoms with Gasteiger partial charge in [-0.1, -0.05) is 36.4 Å². The standard InChI is InChI=1S/C12H10O2S2/c13-16(15,12-9-5-2-6-10-12)14-11-7-3-1-4-8-11/h1-10H/t16-/m0/s1. The molecule has 0 aliphatic heterocycles. The molecule has 0 spiro atoms. The molecule has 0 fully saturated rings. The highest BCUT2D eigenvalue weighted by atomic mass is 32.8. The summed E-state index contributed by atoms with van der Waals surface area (Å²) >= 11 is 5.00. The lowest BCUT2D eigenvalue weighted by Gasteiger charge is -2.09. The van der Waals surface area contributed by atoms with Gasteiger partial charge >= 0.3 is 0 Å². The van der Waals surface area contributed by atoms with E-state index < -0.39 is 8.77 Å². The SMILES string of the molecule is O=[S@](=S)(Oc1ccccc1)c1ccccc1.